The first kappa shape index (κ1) is 13.6. The summed E-state index contributed by atoms with van der Waals surface area (Å²) in [6.07, 6.45) is 0.442. The zero-order valence-electron chi connectivity index (χ0n) is 11.4. The van der Waals surface area contributed by atoms with Crippen LogP contribution in [-0.2, 0) is 4.79 Å². The summed E-state index contributed by atoms with van der Waals surface area (Å²) >= 11 is 5.87. The number of carbonyl (C=O) groups is 1. The average molecular weight is 301 g/mol. The molecular weight excluding hydrogens is 288 g/mol. The van der Waals surface area contributed by atoms with E-state index in [0.717, 1.165) is 16.8 Å². The maximum Gasteiger partial charge on any atom is 0.224 e. The molecule has 0 saturated carbocycles. The van der Waals surface area contributed by atoms with Crippen molar-refractivity contribution in [3.05, 3.63) is 41.6 Å². The fourth-order valence-corrected chi connectivity index (χ4v) is 2.15. The summed E-state index contributed by atoms with van der Waals surface area (Å²) in [7, 11) is 0. The first-order valence-electron chi connectivity index (χ1n) is 6.58. The first-order chi connectivity index (χ1) is 10.2. The second-order valence-electron chi connectivity index (χ2n) is 4.57. The molecule has 0 unspecified atom stereocenters. The molecule has 0 radical (unpaired) electrons. The third kappa shape index (κ3) is 2.87. The number of hydrogen-bond donors (Lipinski definition) is 2. The van der Waals surface area contributed by atoms with Crippen LogP contribution in [0.15, 0.2) is 36.4 Å². The number of rotatable bonds is 3. The monoisotopic (exact) mass is 300 g/mol. The van der Waals surface area contributed by atoms with E-state index in [1.54, 1.807) is 6.07 Å². The lowest BCUT2D eigenvalue weighted by Crippen LogP contribution is -2.09. The van der Waals surface area contributed by atoms with E-state index in [4.69, 9.17) is 11.6 Å². The Morgan fingerprint density at radius 2 is 2.14 bits per heavy atom. The summed E-state index contributed by atoms with van der Waals surface area (Å²) in [5, 5.41) is 3.25. The van der Waals surface area contributed by atoms with Crippen LogP contribution in [-0.4, -0.2) is 20.9 Å². The van der Waals surface area contributed by atoms with Crippen LogP contribution in [0.25, 0.3) is 22.6 Å². The molecule has 0 spiro atoms. The standard InChI is InChI=1S/C15H13ClN4O/c1-2-13(21)17-10-5-3-4-9(8-10)14-18-11-6-7-12(16)19-15(11)20-14/h3-8H,2H2,1H3,(H,17,21)(H,18,19,20). The Bertz CT molecular complexity index is 812. The summed E-state index contributed by atoms with van der Waals surface area (Å²) in [5.74, 6) is 0.664. The van der Waals surface area contributed by atoms with Crippen LogP contribution < -0.4 is 5.32 Å². The SMILES string of the molecule is CCC(=O)Nc1cccc(-c2nc3ccc(Cl)nc3[nH]2)c1. The predicted molar refractivity (Wildman–Crippen MR) is 83.3 cm³/mol. The van der Waals surface area contributed by atoms with Crippen molar-refractivity contribution in [2.75, 3.05) is 5.32 Å². The van der Waals surface area contributed by atoms with Gasteiger partial charge in [-0.15, -0.1) is 0 Å². The van der Waals surface area contributed by atoms with Crippen molar-refractivity contribution in [2.24, 2.45) is 0 Å². The number of aromatic amines is 1. The second-order valence-corrected chi connectivity index (χ2v) is 4.96. The molecule has 2 heterocycles. The normalized spacial score (nSPS) is 10.8. The molecule has 5 nitrogen and oxygen atoms in total. The molecule has 21 heavy (non-hydrogen) atoms. The number of fused-ring (bicyclic) bond motifs is 1. The molecule has 106 valence electrons. The van der Waals surface area contributed by atoms with Crippen molar-refractivity contribution >= 4 is 34.4 Å². The van der Waals surface area contributed by atoms with Crippen molar-refractivity contribution in [1.82, 2.24) is 15.0 Å². The van der Waals surface area contributed by atoms with Gasteiger partial charge in [0.2, 0.25) is 5.91 Å². The number of nitrogens with one attached hydrogen (secondary N) is 2. The number of pyridine rings is 1. The number of carbonyl (C=O) groups excluding carboxylic acids is 1. The van der Waals surface area contributed by atoms with Crippen molar-refractivity contribution in [1.29, 1.82) is 0 Å². The number of imidazole rings is 1. The molecule has 0 aliphatic carbocycles. The molecule has 3 aromatic rings. The van der Waals surface area contributed by atoms with E-state index in [0.29, 0.717) is 23.0 Å². The van der Waals surface area contributed by atoms with Crippen LogP contribution in [0.4, 0.5) is 5.69 Å². The van der Waals surface area contributed by atoms with Gasteiger partial charge in [0.25, 0.3) is 0 Å². The molecule has 0 aliphatic heterocycles. The number of nitrogens with zero attached hydrogens (tertiary/aromatic N) is 2. The Morgan fingerprint density at radius 1 is 1.29 bits per heavy atom. The third-order valence-electron chi connectivity index (χ3n) is 3.05. The van der Waals surface area contributed by atoms with Gasteiger partial charge in [0.05, 0.1) is 0 Å². The fraction of sp³-hybridized carbons (Fsp3) is 0.133. The lowest BCUT2D eigenvalue weighted by molar-refractivity contribution is -0.115. The van der Waals surface area contributed by atoms with Gasteiger partial charge in [-0.25, -0.2) is 9.97 Å². The first-order valence-corrected chi connectivity index (χ1v) is 6.96. The zero-order chi connectivity index (χ0) is 14.8. The molecule has 0 aliphatic rings. The van der Waals surface area contributed by atoms with Crippen molar-refractivity contribution in [3.63, 3.8) is 0 Å². The Labute approximate surface area is 126 Å². The molecule has 2 aromatic heterocycles. The van der Waals surface area contributed by atoms with Crippen LogP contribution in [0.3, 0.4) is 0 Å². The van der Waals surface area contributed by atoms with Crippen LogP contribution in [0.2, 0.25) is 5.15 Å². The van der Waals surface area contributed by atoms with E-state index in [1.165, 1.54) is 0 Å². The van der Waals surface area contributed by atoms with E-state index in [2.05, 4.69) is 20.3 Å². The minimum Gasteiger partial charge on any atom is -0.326 e. The molecule has 2 N–H and O–H groups in total. The highest BCUT2D eigenvalue weighted by molar-refractivity contribution is 6.29. The van der Waals surface area contributed by atoms with E-state index in [-0.39, 0.29) is 5.91 Å². The topological polar surface area (TPSA) is 70.7 Å². The molecule has 1 aromatic carbocycles. The molecular formula is C15H13ClN4O. The van der Waals surface area contributed by atoms with E-state index in [9.17, 15) is 4.79 Å². The maximum absolute atomic E-state index is 11.4. The lowest BCUT2D eigenvalue weighted by atomic mass is 10.2. The zero-order valence-corrected chi connectivity index (χ0v) is 12.1. The van der Waals surface area contributed by atoms with Crippen LogP contribution in [0.1, 0.15) is 13.3 Å². The Balaban J connectivity index is 1.98. The van der Waals surface area contributed by atoms with E-state index in [1.807, 2.05) is 37.3 Å². The fourth-order valence-electron chi connectivity index (χ4n) is 2.00. The van der Waals surface area contributed by atoms with Gasteiger partial charge in [-0.2, -0.15) is 0 Å². The highest BCUT2D eigenvalue weighted by atomic mass is 35.5. The summed E-state index contributed by atoms with van der Waals surface area (Å²) < 4.78 is 0. The van der Waals surface area contributed by atoms with E-state index < -0.39 is 0 Å². The number of anilines is 1. The van der Waals surface area contributed by atoms with Crippen LogP contribution >= 0.6 is 11.6 Å². The van der Waals surface area contributed by atoms with Gasteiger partial charge in [0, 0.05) is 17.7 Å². The van der Waals surface area contributed by atoms with Gasteiger partial charge in [-0.1, -0.05) is 30.7 Å². The number of benzene rings is 1. The van der Waals surface area contributed by atoms with Crippen molar-refractivity contribution in [3.8, 4) is 11.4 Å². The maximum atomic E-state index is 11.4. The Kier molecular flexibility index (Phi) is 3.58. The van der Waals surface area contributed by atoms with Gasteiger partial charge in [0.15, 0.2) is 5.65 Å². The minimum absolute atomic E-state index is 0.0230. The smallest absolute Gasteiger partial charge is 0.224 e. The second kappa shape index (κ2) is 5.54. The molecule has 3 rings (SSSR count). The molecule has 0 atom stereocenters. The van der Waals surface area contributed by atoms with E-state index >= 15 is 0 Å². The highest BCUT2D eigenvalue weighted by Crippen LogP contribution is 2.23. The minimum atomic E-state index is -0.0230. The molecule has 0 saturated heterocycles. The summed E-state index contributed by atoms with van der Waals surface area (Å²) in [5.41, 5.74) is 3.00. The molecule has 6 heteroatoms. The third-order valence-corrected chi connectivity index (χ3v) is 3.26. The van der Waals surface area contributed by atoms with Gasteiger partial charge in [-0.05, 0) is 24.3 Å². The van der Waals surface area contributed by atoms with Gasteiger partial charge < -0.3 is 10.3 Å². The quantitative estimate of drug-likeness (QED) is 0.726. The van der Waals surface area contributed by atoms with Gasteiger partial charge >= 0.3 is 0 Å². The van der Waals surface area contributed by atoms with Gasteiger partial charge in [-0.3, -0.25) is 4.79 Å². The molecule has 0 fully saturated rings. The highest BCUT2D eigenvalue weighted by Gasteiger charge is 2.08. The average Bonchev–Trinajstić information content (AvgIpc) is 2.90. The largest absolute Gasteiger partial charge is 0.326 e. The van der Waals surface area contributed by atoms with Crippen molar-refractivity contribution in [2.45, 2.75) is 13.3 Å². The number of aromatic nitrogens is 3. The molecule has 1 amide bonds. The Hall–Kier alpha value is -2.40. The summed E-state index contributed by atoms with van der Waals surface area (Å²) in [6.45, 7) is 1.81. The number of hydrogen-bond acceptors (Lipinski definition) is 3. The van der Waals surface area contributed by atoms with Crippen LogP contribution in [0, 0.1) is 0 Å². The number of amides is 1. The predicted octanol–water partition coefficient (Wildman–Crippen LogP) is 3.63. The molecule has 0 bridgehead atoms. The van der Waals surface area contributed by atoms with Gasteiger partial charge in [0.1, 0.15) is 16.5 Å². The summed E-state index contributed by atoms with van der Waals surface area (Å²) in [6, 6.07) is 11.0. The van der Waals surface area contributed by atoms with Crippen molar-refractivity contribution < 1.29 is 4.79 Å². The number of halogens is 1. The number of H-pyrrole nitrogens is 1. The lowest BCUT2D eigenvalue weighted by Gasteiger charge is -2.04. The van der Waals surface area contributed by atoms with Crippen LogP contribution in [0.5, 0.6) is 0 Å². The summed E-state index contributed by atoms with van der Waals surface area (Å²) in [4.78, 5) is 23.2. The Morgan fingerprint density at radius 3 is 2.95 bits per heavy atom.